The molecule has 0 aromatic carbocycles. The average Bonchev–Trinajstić information content (AvgIpc) is 3.46. The summed E-state index contributed by atoms with van der Waals surface area (Å²) in [6.07, 6.45) is 1.43. The van der Waals surface area contributed by atoms with Crippen LogP contribution in [0.25, 0.3) is 16.8 Å². The molecule has 0 N–H and O–H groups in total. The first-order valence-electron chi connectivity index (χ1n) is 9.73. The van der Waals surface area contributed by atoms with Crippen molar-refractivity contribution in [2.75, 3.05) is 31.2 Å². The Bertz CT molecular complexity index is 1020. The summed E-state index contributed by atoms with van der Waals surface area (Å²) in [5.41, 5.74) is -0.446. The quantitative estimate of drug-likeness (QED) is 0.666. The summed E-state index contributed by atoms with van der Waals surface area (Å²) >= 11 is 0. The van der Waals surface area contributed by atoms with Crippen molar-refractivity contribution in [3.8, 4) is 11.1 Å². The number of halogens is 3. The van der Waals surface area contributed by atoms with E-state index in [2.05, 4.69) is 20.1 Å². The Kier molecular flexibility index (Phi) is 4.42. The maximum atomic E-state index is 14.0. The summed E-state index contributed by atoms with van der Waals surface area (Å²) in [5.74, 6) is 1.83. The van der Waals surface area contributed by atoms with Gasteiger partial charge in [0.25, 0.3) is 0 Å². The fourth-order valence-corrected chi connectivity index (χ4v) is 3.77. The number of nitrogens with zero attached hydrogens (tertiary/aromatic N) is 5. The van der Waals surface area contributed by atoms with Gasteiger partial charge < -0.3 is 9.64 Å². The van der Waals surface area contributed by atoms with Crippen molar-refractivity contribution in [3.05, 3.63) is 42.0 Å². The lowest BCUT2D eigenvalue weighted by molar-refractivity contribution is -0.136. The van der Waals surface area contributed by atoms with Crippen LogP contribution in [0.5, 0.6) is 0 Å². The molecule has 0 bridgehead atoms. The molecule has 4 heterocycles. The molecule has 6 nitrogen and oxygen atoms in total. The summed E-state index contributed by atoms with van der Waals surface area (Å²) in [5, 5.41) is 7.93. The Morgan fingerprint density at radius 2 is 1.86 bits per heavy atom. The molecule has 1 aliphatic heterocycles. The van der Waals surface area contributed by atoms with Gasteiger partial charge in [-0.25, -0.2) is 4.98 Å². The van der Waals surface area contributed by atoms with Crippen LogP contribution >= 0.6 is 0 Å². The molecule has 2 aliphatic rings. The van der Waals surface area contributed by atoms with Crippen LogP contribution in [0.2, 0.25) is 0 Å². The fourth-order valence-electron chi connectivity index (χ4n) is 3.77. The normalized spacial score (nSPS) is 17.8. The highest BCUT2D eigenvalue weighted by atomic mass is 19.4. The lowest BCUT2D eigenvalue weighted by Crippen LogP contribution is -2.36. The number of aromatic nitrogens is 4. The van der Waals surface area contributed by atoms with E-state index < -0.39 is 11.7 Å². The van der Waals surface area contributed by atoms with E-state index in [0.29, 0.717) is 36.9 Å². The van der Waals surface area contributed by atoms with Crippen molar-refractivity contribution in [2.24, 2.45) is 5.92 Å². The van der Waals surface area contributed by atoms with Gasteiger partial charge in [0.1, 0.15) is 17.2 Å². The van der Waals surface area contributed by atoms with Crippen molar-refractivity contribution < 1.29 is 17.9 Å². The molecule has 0 unspecified atom stereocenters. The second kappa shape index (κ2) is 6.98. The van der Waals surface area contributed by atoms with Gasteiger partial charge in [-0.1, -0.05) is 0 Å². The van der Waals surface area contributed by atoms with Crippen molar-refractivity contribution in [1.82, 2.24) is 19.6 Å². The molecule has 9 heteroatoms. The molecule has 5 rings (SSSR count). The maximum Gasteiger partial charge on any atom is 0.420 e. The first kappa shape index (κ1) is 18.4. The molecule has 0 spiro atoms. The number of alkyl halides is 3. The third-order valence-electron chi connectivity index (χ3n) is 5.50. The average molecular weight is 403 g/mol. The molecule has 0 radical (unpaired) electrons. The molecule has 29 heavy (non-hydrogen) atoms. The van der Waals surface area contributed by atoms with Gasteiger partial charge >= 0.3 is 6.18 Å². The van der Waals surface area contributed by atoms with Gasteiger partial charge in [0.15, 0.2) is 5.65 Å². The largest absolute Gasteiger partial charge is 0.420 e. The topological polar surface area (TPSA) is 55.5 Å². The van der Waals surface area contributed by atoms with Crippen LogP contribution in [0, 0.1) is 5.92 Å². The molecule has 0 atom stereocenters. The van der Waals surface area contributed by atoms with E-state index in [1.807, 2.05) is 0 Å². The third-order valence-corrected chi connectivity index (χ3v) is 5.50. The van der Waals surface area contributed by atoms with Crippen LogP contribution in [0.1, 0.15) is 24.2 Å². The van der Waals surface area contributed by atoms with Gasteiger partial charge in [0.05, 0.1) is 13.2 Å². The fraction of sp³-hybridized carbons (Fsp3) is 0.450. The van der Waals surface area contributed by atoms with Gasteiger partial charge in [-0.2, -0.15) is 13.2 Å². The standard InChI is InChI=1S/C20H20F3N5O/c21-20(22,23)18-15(5-6-28-17(11-13-1-2-13)25-26-19(18)28)14-3-4-16(24-12-14)27-7-9-29-10-8-27/h3-6,12-13H,1-2,7-11H2. The highest BCUT2D eigenvalue weighted by Crippen LogP contribution is 2.40. The molecule has 1 aliphatic carbocycles. The Hall–Kier alpha value is -2.68. The Labute approximate surface area is 165 Å². The smallest absolute Gasteiger partial charge is 0.378 e. The predicted molar refractivity (Wildman–Crippen MR) is 101 cm³/mol. The summed E-state index contributed by atoms with van der Waals surface area (Å²) < 4.78 is 48.8. The molecule has 1 saturated heterocycles. The molecule has 3 aromatic rings. The molecule has 1 saturated carbocycles. The van der Waals surface area contributed by atoms with Crippen LogP contribution in [0.4, 0.5) is 19.0 Å². The number of hydrogen-bond donors (Lipinski definition) is 0. The Morgan fingerprint density at radius 1 is 1.07 bits per heavy atom. The molecule has 0 amide bonds. The summed E-state index contributed by atoms with van der Waals surface area (Å²) in [6, 6.07) is 4.93. The molecular weight excluding hydrogens is 383 g/mol. The first-order valence-corrected chi connectivity index (χ1v) is 9.73. The van der Waals surface area contributed by atoms with E-state index >= 15 is 0 Å². The lowest BCUT2D eigenvalue weighted by Gasteiger charge is -2.27. The van der Waals surface area contributed by atoms with Gasteiger partial charge in [-0.15, -0.1) is 10.2 Å². The number of ether oxygens (including phenoxy) is 1. The minimum Gasteiger partial charge on any atom is -0.378 e. The molecular formula is C20H20F3N5O. The Balaban J connectivity index is 1.55. The van der Waals surface area contributed by atoms with Gasteiger partial charge in [-0.05, 0) is 37.0 Å². The van der Waals surface area contributed by atoms with Crippen molar-refractivity contribution >= 4 is 11.5 Å². The number of anilines is 1. The number of rotatable bonds is 4. The summed E-state index contributed by atoms with van der Waals surface area (Å²) in [6.45, 7) is 2.67. The van der Waals surface area contributed by atoms with E-state index in [-0.39, 0.29) is 11.2 Å². The van der Waals surface area contributed by atoms with E-state index in [0.717, 1.165) is 31.7 Å². The number of hydrogen-bond acceptors (Lipinski definition) is 5. The Morgan fingerprint density at radius 3 is 2.52 bits per heavy atom. The van der Waals surface area contributed by atoms with E-state index in [1.54, 1.807) is 18.3 Å². The third kappa shape index (κ3) is 3.55. The van der Waals surface area contributed by atoms with Crippen LogP contribution in [0.3, 0.4) is 0 Å². The minimum atomic E-state index is -4.55. The van der Waals surface area contributed by atoms with Crippen LogP contribution in [-0.2, 0) is 17.3 Å². The second-order valence-corrected chi connectivity index (χ2v) is 7.56. The molecule has 3 aromatic heterocycles. The molecule has 2 fully saturated rings. The van der Waals surface area contributed by atoms with Crippen LogP contribution in [-0.4, -0.2) is 45.9 Å². The van der Waals surface area contributed by atoms with E-state index in [4.69, 9.17) is 4.74 Å². The zero-order valence-corrected chi connectivity index (χ0v) is 15.7. The number of pyridine rings is 2. The van der Waals surface area contributed by atoms with E-state index in [9.17, 15) is 13.2 Å². The summed E-state index contributed by atoms with van der Waals surface area (Å²) in [7, 11) is 0. The van der Waals surface area contributed by atoms with Crippen LogP contribution < -0.4 is 4.90 Å². The van der Waals surface area contributed by atoms with Gasteiger partial charge in [0, 0.05) is 43.0 Å². The predicted octanol–water partition coefficient (Wildman–Crippen LogP) is 3.60. The van der Waals surface area contributed by atoms with Crippen molar-refractivity contribution in [3.63, 3.8) is 0 Å². The lowest BCUT2D eigenvalue weighted by atomic mass is 10.0. The number of fused-ring (bicyclic) bond motifs is 1. The highest BCUT2D eigenvalue weighted by Gasteiger charge is 2.38. The van der Waals surface area contributed by atoms with Crippen molar-refractivity contribution in [1.29, 1.82) is 0 Å². The highest BCUT2D eigenvalue weighted by molar-refractivity contribution is 5.74. The van der Waals surface area contributed by atoms with Gasteiger partial charge in [0.2, 0.25) is 0 Å². The number of morpholine rings is 1. The van der Waals surface area contributed by atoms with Crippen LogP contribution in [0.15, 0.2) is 30.6 Å². The monoisotopic (exact) mass is 403 g/mol. The summed E-state index contributed by atoms with van der Waals surface area (Å²) in [4.78, 5) is 6.45. The van der Waals surface area contributed by atoms with Crippen molar-refractivity contribution in [2.45, 2.75) is 25.4 Å². The second-order valence-electron chi connectivity index (χ2n) is 7.56. The first-order chi connectivity index (χ1) is 14.0. The zero-order valence-electron chi connectivity index (χ0n) is 15.7. The van der Waals surface area contributed by atoms with E-state index in [1.165, 1.54) is 16.7 Å². The van der Waals surface area contributed by atoms with Gasteiger partial charge in [-0.3, -0.25) is 4.40 Å². The molecule has 152 valence electrons. The minimum absolute atomic E-state index is 0.0661. The zero-order chi connectivity index (χ0) is 20.0. The maximum absolute atomic E-state index is 14.0. The SMILES string of the molecule is FC(F)(F)c1c(-c2ccc(N3CCOCC3)nc2)ccn2c(CC3CC3)nnc12.